The van der Waals surface area contributed by atoms with Crippen molar-refractivity contribution in [2.45, 2.75) is 52.8 Å². The number of ether oxygens (including phenoxy) is 1. The molecule has 6 heteroatoms. The molecule has 140 valence electrons. The van der Waals surface area contributed by atoms with Gasteiger partial charge in [0.1, 0.15) is 5.60 Å². The zero-order valence-corrected chi connectivity index (χ0v) is 17.5. The van der Waals surface area contributed by atoms with Crippen LogP contribution in [0.1, 0.15) is 40.2 Å². The Balaban J connectivity index is 2.01. The van der Waals surface area contributed by atoms with Crippen molar-refractivity contribution in [1.29, 1.82) is 0 Å². The highest BCUT2D eigenvalue weighted by Gasteiger charge is 2.26. The number of nitrogens with one attached hydrogen (secondary N) is 1. The zero-order chi connectivity index (χ0) is 18.6. The Labute approximate surface area is 159 Å². The molecule has 25 heavy (non-hydrogen) atoms. The van der Waals surface area contributed by atoms with Crippen molar-refractivity contribution in [3.63, 3.8) is 0 Å². The summed E-state index contributed by atoms with van der Waals surface area (Å²) in [6.07, 6.45) is -0.218. The Bertz CT molecular complexity index is 591. The largest absolute Gasteiger partial charge is 0.444 e. The van der Waals surface area contributed by atoms with Crippen LogP contribution in [0.4, 0.5) is 10.5 Å². The summed E-state index contributed by atoms with van der Waals surface area (Å²) >= 11 is 3.57. The van der Waals surface area contributed by atoms with Crippen LogP contribution in [0.25, 0.3) is 0 Å². The Hall–Kier alpha value is -1.27. The van der Waals surface area contributed by atoms with Crippen LogP contribution in [0.3, 0.4) is 0 Å². The summed E-state index contributed by atoms with van der Waals surface area (Å²) in [5.74, 6) is 0. The van der Waals surface area contributed by atoms with Crippen LogP contribution in [0.15, 0.2) is 22.7 Å². The number of anilines is 1. The molecular weight excluding hydrogens is 382 g/mol. The first-order chi connectivity index (χ1) is 11.7. The molecule has 1 saturated heterocycles. The number of hydrogen-bond donors (Lipinski definition) is 1. The number of amides is 1. The highest BCUT2D eigenvalue weighted by molar-refractivity contribution is 9.10. The Morgan fingerprint density at radius 3 is 2.44 bits per heavy atom. The molecule has 1 amide bonds. The fraction of sp³-hybridized carbons (Fsp3) is 0.632. The van der Waals surface area contributed by atoms with E-state index in [1.54, 1.807) is 4.90 Å². The molecule has 1 aromatic carbocycles. The lowest BCUT2D eigenvalue weighted by Crippen LogP contribution is -2.50. The Kier molecular flexibility index (Phi) is 6.74. The Morgan fingerprint density at radius 1 is 1.24 bits per heavy atom. The molecular formula is C19H30BrN3O2. The zero-order valence-electron chi connectivity index (χ0n) is 15.9. The second-order valence-electron chi connectivity index (χ2n) is 7.76. The summed E-state index contributed by atoms with van der Waals surface area (Å²) in [7, 11) is 0. The van der Waals surface area contributed by atoms with Gasteiger partial charge in [0, 0.05) is 48.9 Å². The molecule has 1 fully saturated rings. The molecule has 1 heterocycles. The van der Waals surface area contributed by atoms with E-state index < -0.39 is 5.60 Å². The second-order valence-corrected chi connectivity index (χ2v) is 8.68. The fourth-order valence-electron chi connectivity index (χ4n) is 2.77. The van der Waals surface area contributed by atoms with Gasteiger partial charge in [0.2, 0.25) is 0 Å². The lowest BCUT2D eigenvalue weighted by atomic mass is 10.1. The number of carbonyl (C=O) groups is 1. The molecule has 5 nitrogen and oxygen atoms in total. The summed E-state index contributed by atoms with van der Waals surface area (Å²) in [6.45, 7) is 13.8. The van der Waals surface area contributed by atoms with Crippen molar-refractivity contribution >= 4 is 27.7 Å². The third-order valence-corrected chi connectivity index (χ3v) is 4.51. The van der Waals surface area contributed by atoms with Gasteiger partial charge in [0.05, 0.1) is 0 Å². The van der Waals surface area contributed by atoms with E-state index >= 15 is 0 Å². The SMILES string of the molecule is CC(C)NCc1cc(Br)ccc1N1CCN(C(=O)OC(C)(C)C)CC1. The van der Waals surface area contributed by atoms with E-state index in [0.717, 1.165) is 24.1 Å². The van der Waals surface area contributed by atoms with E-state index in [2.05, 4.69) is 58.2 Å². The van der Waals surface area contributed by atoms with Crippen molar-refractivity contribution < 1.29 is 9.53 Å². The van der Waals surface area contributed by atoms with Crippen LogP contribution in [-0.4, -0.2) is 48.8 Å². The van der Waals surface area contributed by atoms with E-state index in [0.29, 0.717) is 19.1 Å². The van der Waals surface area contributed by atoms with Gasteiger partial charge in [0.15, 0.2) is 0 Å². The molecule has 0 bridgehead atoms. The lowest BCUT2D eigenvalue weighted by molar-refractivity contribution is 0.0240. The van der Waals surface area contributed by atoms with Crippen molar-refractivity contribution in [3.8, 4) is 0 Å². The number of benzene rings is 1. The smallest absolute Gasteiger partial charge is 0.410 e. The van der Waals surface area contributed by atoms with Gasteiger partial charge in [-0.3, -0.25) is 0 Å². The lowest BCUT2D eigenvalue weighted by Gasteiger charge is -2.37. The van der Waals surface area contributed by atoms with Crippen LogP contribution < -0.4 is 10.2 Å². The van der Waals surface area contributed by atoms with Gasteiger partial charge >= 0.3 is 6.09 Å². The van der Waals surface area contributed by atoms with Crippen LogP contribution in [-0.2, 0) is 11.3 Å². The quantitative estimate of drug-likeness (QED) is 0.812. The number of piperazine rings is 1. The minimum Gasteiger partial charge on any atom is -0.444 e. The number of halogens is 1. The number of carbonyl (C=O) groups excluding carboxylic acids is 1. The van der Waals surface area contributed by atoms with Gasteiger partial charge in [-0.05, 0) is 44.5 Å². The van der Waals surface area contributed by atoms with Crippen LogP contribution in [0, 0.1) is 0 Å². The summed E-state index contributed by atoms with van der Waals surface area (Å²) in [6, 6.07) is 6.85. The Morgan fingerprint density at radius 2 is 1.88 bits per heavy atom. The molecule has 0 spiro atoms. The molecule has 1 N–H and O–H groups in total. The average molecular weight is 412 g/mol. The summed E-state index contributed by atoms with van der Waals surface area (Å²) in [5, 5.41) is 3.49. The normalized spacial score (nSPS) is 15.6. The first kappa shape index (κ1) is 20.0. The van der Waals surface area contributed by atoms with Crippen LogP contribution >= 0.6 is 15.9 Å². The van der Waals surface area contributed by atoms with Crippen LogP contribution in [0.2, 0.25) is 0 Å². The number of hydrogen-bond acceptors (Lipinski definition) is 4. The molecule has 0 atom stereocenters. The van der Waals surface area contributed by atoms with E-state index in [1.807, 2.05) is 20.8 Å². The first-order valence-corrected chi connectivity index (χ1v) is 9.69. The molecule has 0 radical (unpaired) electrons. The molecule has 0 saturated carbocycles. The maximum atomic E-state index is 12.2. The summed E-state index contributed by atoms with van der Waals surface area (Å²) in [5.41, 5.74) is 2.06. The molecule has 0 unspecified atom stereocenters. The van der Waals surface area contributed by atoms with Crippen molar-refractivity contribution in [1.82, 2.24) is 10.2 Å². The summed E-state index contributed by atoms with van der Waals surface area (Å²) in [4.78, 5) is 16.4. The third-order valence-electron chi connectivity index (χ3n) is 4.01. The maximum Gasteiger partial charge on any atom is 0.410 e. The molecule has 1 aliphatic heterocycles. The van der Waals surface area contributed by atoms with Gasteiger partial charge in [0.25, 0.3) is 0 Å². The van der Waals surface area contributed by atoms with Crippen molar-refractivity contribution in [2.75, 3.05) is 31.1 Å². The van der Waals surface area contributed by atoms with Crippen LogP contribution in [0.5, 0.6) is 0 Å². The molecule has 1 aliphatic rings. The van der Waals surface area contributed by atoms with Gasteiger partial charge in [-0.1, -0.05) is 29.8 Å². The second kappa shape index (κ2) is 8.41. The van der Waals surface area contributed by atoms with Gasteiger partial charge in [-0.2, -0.15) is 0 Å². The van der Waals surface area contributed by atoms with E-state index in [-0.39, 0.29) is 6.09 Å². The standard InChI is InChI=1S/C19H30BrN3O2/c1-14(2)21-13-15-12-16(20)6-7-17(15)22-8-10-23(11-9-22)18(24)25-19(3,4)5/h6-7,12,14,21H,8-11,13H2,1-5H3. The van der Waals surface area contributed by atoms with E-state index in [9.17, 15) is 4.79 Å². The monoisotopic (exact) mass is 411 g/mol. The molecule has 0 aliphatic carbocycles. The molecule has 0 aromatic heterocycles. The fourth-order valence-corrected chi connectivity index (χ4v) is 3.18. The van der Waals surface area contributed by atoms with Gasteiger partial charge in [-0.25, -0.2) is 4.79 Å². The van der Waals surface area contributed by atoms with E-state index in [1.165, 1.54) is 11.3 Å². The summed E-state index contributed by atoms with van der Waals surface area (Å²) < 4.78 is 6.56. The number of rotatable bonds is 4. The van der Waals surface area contributed by atoms with Gasteiger partial charge < -0.3 is 19.9 Å². The van der Waals surface area contributed by atoms with Crippen molar-refractivity contribution in [2.24, 2.45) is 0 Å². The van der Waals surface area contributed by atoms with Gasteiger partial charge in [-0.15, -0.1) is 0 Å². The van der Waals surface area contributed by atoms with E-state index in [4.69, 9.17) is 4.74 Å². The highest BCUT2D eigenvalue weighted by Crippen LogP contribution is 2.26. The molecule has 2 rings (SSSR count). The predicted molar refractivity (Wildman–Crippen MR) is 106 cm³/mol. The average Bonchev–Trinajstić information content (AvgIpc) is 2.51. The minimum absolute atomic E-state index is 0.218. The first-order valence-electron chi connectivity index (χ1n) is 8.90. The predicted octanol–water partition coefficient (Wildman–Crippen LogP) is 4.00. The maximum absolute atomic E-state index is 12.2. The third kappa shape index (κ3) is 6.19. The highest BCUT2D eigenvalue weighted by atomic mass is 79.9. The minimum atomic E-state index is -0.449. The van der Waals surface area contributed by atoms with Crippen molar-refractivity contribution in [3.05, 3.63) is 28.2 Å². The molecule has 1 aromatic rings. The number of nitrogens with zero attached hydrogens (tertiary/aromatic N) is 2. The topological polar surface area (TPSA) is 44.8 Å².